The molecule has 1 aliphatic rings. The third-order valence-electron chi connectivity index (χ3n) is 6.90. The summed E-state index contributed by atoms with van der Waals surface area (Å²) in [5, 5.41) is 0. The molecule has 0 radical (unpaired) electrons. The summed E-state index contributed by atoms with van der Waals surface area (Å²) in [4.78, 5) is 14.9. The monoisotopic (exact) mass is 474 g/mol. The lowest BCUT2D eigenvalue weighted by Gasteiger charge is -2.29. The molecule has 1 aliphatic heterocycles. The molecule has 2 aromatic carbocycles. The molecule has 0 saturated heterocycles. The lowest BCUT2D eigenvalue weighted by molar-refractivity contribution is -0.131. The zero-order chi connectivity index (χ0) is 24.5. The molecule has 0 saturated carbocycles. The standard InChI is InChI=1S/C25H34N2O5S/c1-15-16(2)18(4)25(19(5)17(15)3)33(29,30)26-10-8-24(28)27-11-9-20-12-22(31-6)23(32-7)13-21(20)14-27/h12-13,26H,8-11,14H2,1-7H3. The average Bonchev–Trinajstić information content (AvgIpc) is 2.79. The second-order valence-electron chi connectivity index (χ2n) is 8.64. The first-order chi connectivity index (χ1) is 15.5. The summed E-state index contributed by atoms with van der Waals surface area (Å²) < 4.78 is 39.5. The Kier molecular flexibility index (Phi) is 7.39. The van der Waals surface area contributed by atoms with Crippen LogP contribution in [0.5, 0.6) is 11.5 Å². The molecule has 8 heteroatoms. The predicted molar refractivity (Wildman–Crippen MR) is 129 cm³/mol. The van der Waals surface area contributed by atoms with Gasteiger partial charge >= 0.3 is 0 Å². The number of carbonyl (C=O) groups is 1. The van der Waals surface area contributed by atoms with Crippen molar-refractivity contribution in [1.82, 2.24) is 9.62 Å². The van der Waals surface area contributed by atoms with Crippen LogP contribution >= 0.6 is 0 Å². The van der Waals surface area contributed by atoms with E-state index in [9.17, 15) is 13.2 Å². The second-order valence-corrected chi connectivity index (χ2v) is 10.3. The van der Waals surface area contributed by atoms with Crippen LogP contribution in [0, 0.1) is 34.6 Å². The number of fused-ring (bicyclic) bond motifs is 1. The van der Waals surface area contributed by atoms with E-state index in [1.165, 1.54) is 0 Å². The van der Waals surface area contributed by atoms with E-state index in [1.807, 2.05) is 46.8 Å². The highest BCUT2D eigenvalue weighted by Crippen LogP contribution is 2.33. The van der Waals surface area contributed by atoms with Crippen LogP contribution in [0.25, 0.3) is 0 Å². The molecule has 0 spiro atoms. The van der Waals surface area contributed by atoms with Gasteiger partial charge in [-0.3, -0.25) is 4.79 Å². The van der Waals surface area contributed by atoms with Gasteiger partial charge < -0.3 is 14.4 Å². The van der Waals surface area contributed by atoms with E-state index in [1.54, 1.807) is 19.1 Å². The number of rotatable bonds is 7. The Morgan fingerprint density at radius 2 is 1.42 bits per heavy atom. The number of carbonyl (C=O) groups excluding carboxylic acids is 1. The van der Waals surface area contributed by atoms with E-state index in [0.29, 0.717) is 35.9 Å². The van der Waals surface area contributed by atoms with Crippen molar-refractivity contribution in [3.05, 3.63) is 51.1 Å². The number of methoxy groups -OCH3 is 2. The summed E-state index contributed by atoms with van der Waals surface area (Å²) in [6, 6.07) is 3.87. The fourth-order valence-corrected chi connectivity index (χ4v) is 6.11. The van der Waals surface area contributed by atoms with Crippen molar-refractivity contribution in [3.63, 3.8) is 0 Å². The molecule has 1 N–H and O–H groups in total. The minimum Gasteiger partial charge on any atom is -0.493 e. The predicted octanol–water partition coefficient (Wildman–Crippen LogP) is 3.50. The Labute approximate surface area is 197 Å². The number of nitrogens with one attached hydrogen (secondary N) is 1. The van der Waals surface area contributed by atoms with Crippen LogP contribution in [0.1, 0.15) is 45.4 Å². The lowest BCUT2D eigenvalue weighted by atomic mass is 9.95. The molecule has 33 heavy (non-hydrogen) atoms. The first-order valence-corrected chi connectivity index (χ1v) is 12.6. The summed E-state index contributed by atoms with van der Waals surface area (Å²) >= 11 is 0. The summed E-state index contributed by atoms with van der Waals surface area (Å²) in [6.07, 6.45) is 0.817. The summed E-state index contributed by atoms with van der Waals surface area (Å²) in [5.74, 6) is 1.23. The van der Waals surface area contributed by atoms with E-state index in [-0.39, 0.29) is 18.9 Å². The van der Waals surface area contributed by atoms with Crippen molar-refractivity contribution in [2.45, 2.75) is 58.9 Å². The highest BCUT2D eigenvalue weighted by molar-refractivity contribution is 7.89. The number of nitrogens with zero attached hydrogens (tertiary/aromatic N) is 1. The molecule has 1 amide bonds. The molecule has 0 aromatic heterocycles. The number of amides is 1. The van der Waals surface area contributed by atoms with Gasteiger partial charge in [0.1, 0.15) is 0 Å². The van der Waals surface area contributed by atoms with Crippen LogP contribution in [-0.2, 0) is 27.8 Å². The fourth-order valence-electron chi connectivity index (χ4n) is 4.49. The summed E-state index contributed by atoms with van der Waals surface area (Å²) in [7, 11) is -0.537. The van der Waals surface area contributed by atoms with Gasteiger partial charge in [0.25, 0.3) is 0 Å². The number of hydrogen-bond donors (Lipinski definition) is 1. The van der Waals surface area contributed by atoms with E-state index in [2.05, 4.69) is 4.72 Å². The Bertz CT molecular complexity index is 1160. The van der Waals surface area contributed by atoms with Gasteiger partial charge in [-0.05, 0) is 92.1 Å². The van der Waals surface area contributed by atoms with Crippen LogP contribution < -0.4 is 14.2 Å². The molecule has 180 valence electrons. The highest BCUT2D eigenvalue weighted by atomic mass is 32.2. The van der Waals surface area contributed by atoms with Crippen LogP contribution in [0.4, 0.5) is 0 Å². The van der Waals surface area contributed by atoms with Crippen LogP contribution in [0.15, 0.2) is 17.0 Å². The molecule has 7 nitrogen and oxygen atoms in total. The maximum absolute atomic E-state index is 13.1. The maximum atomic E-state index is 13.1. The van der Waals surface area contributed by atoms with Gasteiger partial charge in [0.15, 0.2) is 11.5 Å². The number of ether oxygens (including phenoxy) is 2. The molecule has 0 bridgehead atoms. The third kappa shape index (κ3) is 4.87. The second kappa shape index (κ2) is 9.73. The average molecular weight is 475 g/mol. The Balaban J connectivity index is 1.68. The Hall–Kier alpha value is -2.58. The molecule has 0 atom stereocenters. The van der Waals surface area contributed by atoms with E-state index >= 15 is 0 Å². The summed E-state index contributed by atoms with van der Waals surface area (Å²) in [6.45, 7) is 10.7. The number of benzene rings is 2. The van der Waals surface area contributed by atoms with E-state index in [4.69, 9.17) is 9.47 Å². The fraction of sp³-hybridized carbons (Fsp3) is 0.480. The highest BCUT2D eigenvalue weighted by Gasteiger charge is 2.25. The molecule has 0 aliphatic carbocycles. The van der Waals surface area contributed by atoms with E-state index in [0.717, 1.165) is 38.9 Å². The lowest BCUT2D eigenvalue weighted by Crippen LogP contribution is -2.38. The molecular formula is C25H34N2O5S. The van der Waals surface area contributed by atoms with Gasteiger partial charge in [-0.15, -0.1) is 0 Å². The van der Waals surface area contributed by atoms with Crippen molar-refractivity contribution in [2.24, 2.45) is 0 Å². The largest absolute Gasteiger partial charge is 0.493 e. The Morgan fingerprint density at radius 1 is 0.909 bits per heavy atom. The van der Waals surface area contributed by atoms with Crippen molar-refractivity contribution < 1.29 is 22.7 Å². The van der Waals surface area contributed by atoms with E-state index < -0.39 is 10.0 Å². The first-order valence-electron chi connectivity index (χ1n) is 11.1. The topological polar surface area (TPSA) is 84.9 Å². The Morgan fingerprint density at radius 3 is 1.97 bits per heavy atom. The minimum atomic E-state index is -3.73. The van der Waals surface area contributed by atoms with Crippen molar-refractivity contribution in [3.8, 4) is 11.5 Å². The zero-order valence-electron chi connectivity index (χ0n) is 20.6. The van der Waals surface area contributed by atoms with Crippen molar-refractivity contribution in [2.75, 3.05) is 27.3 Å². The smallest absolute Gasteiger partial charge is 0.241 e. The normalized spacial score (nSPS) is 13.6. The SMILES string of the molecule is COc1cc2c(cc1OC)CN(C(=O)CCNS(=O)(=O)c1c(C)c(C)c(C)c(C)c1C)CC2. The quantitative estimate of drug-likeness (QED) is 0.664. The third-order valence-corrected chi connectivity index (χ3v) is 8.64. The van der Waals surface area contributed by atoms with Crippen LogP contribution in [0.3, 0.4) is 0 Å². The van der Waals surface area contributed by atoms with Gasteiger partial charge in [0.05, 0.1) is 19.1 Å². The van der Waals surface area contributed by atoms with Crippen molar-refractivity contribution in [1.29, 1.82) is 0 Å². The van der Waals surface area contributed by atoms with Gasteiger partial charge in [-0.2, -0.15) is 0 Å². The molecule has 2 aromatic rings. The number of hydrogen-bond acceptors (Lipinski definition) is 5. The van der Waals surface area contributed by atoms with Crippen molar-refractivity contribution >= 4 is 15.9 Å². The van der Waals surface area contributed by atoms with Crippen LogP contribution in [-0.4, -0.2) is 46.5 Å². The van der Waals surface area contributed by atoms with Gasteiger partial charge in [-0.1, -0.05) is 0 Å². The summed E-state index contributed by atoms with van der Waals surface area (Å²) in [5.41, 5.74) is 6.73. The molecule has 1 heterocycles. The number of sulfonamides is 1. The molecule has 0 fully saturated rings. The van der Waals surface area contributed by atoms with Gasteiger partial charge in [0, 0.05) is 26.1 Å². The maximum Gasteiger partial charge on any atom is 0.241 e. The first kappa shape index (κ1) is 25.1. The molecular weight excluding hydrogens is 440 g/mol. The zero-order valence-corrected chi connectivity index (χ0v) is 21.4. The molecule has 0 unspecified atom stereocenters. The van der Waals surface area contributed by atoms with Gasteiger partial charge in [-0.25, -0.2) is 13.1 Å². The van der Waals surface area contributed by atoms with Gasteiger partial charge in [0.2, 0.25) is 15.9 Å². The van der Waals surface area contributed by atoms with Crippen LogP contribution in [0.2, 0.25) is 0 Å². The minimum absolute atomic E-state index is 0.0569. The molecule has 3 rings (SSSR count).